The summed E-state index contributed by atoms with van der Waals surface area (Å²) in [4.78, 5) is 46.1. The van der Waals surface area contributed by atoms with Crippen LogP contribution >= 0.6 is 0 Å². The molecule has 210 valence electrons. The largest absolute Gasteiger partial charge is 0.493 e. The van der Waals surface area contributed by atoms with Gasteiger partial charge in [0.25, 0.3) is 0 Å². The van der Waals surface area contributed by atoms with Gasteiger partial charge in [-0.2, -0.15) is 0 Å². The number of allylic oxidation sites excluding steroid dienone is 2. The number of esters is 1. The lowest BCUT2D eigenvalue weighted by atomic mass is 9.75. The number of rotatable bonds is 8. The Morgan fingerprint density at radius 2 is 1.73 bits per heavy atom. The van der Waals surface area contributed by atoms with Crippen molar-refractivity contribution in [1.82, 2.24) is 10.3 Å². The SMILES string of the molecule is CCOC(=O)C1=C(C)NC2=N/C(=C\c3ccc(-c4ccc(C(=O)O)cc4)[nH]3)C(=O)C2C1c1ccc(OC)c(OC)c1. The number of aliphatic imine (C=N–C) groups is 1. The number of aromatic nitrogens is 1. The van der Waals surface area contributed by atoms with Gasteiger partial charge >= 0.3 is 11.9 Å². The Morgan fingerprint density at radius 3 is 2.39 bits per heavy atom. The molecule has 0 aliphatic carbocycles. The molecule has 2 unspecified atom stereocenters. The fourth-order valence-corrected chi connectivity index (χ4v) is 5.21. The first-order valence-corrected chi connectivity index (χ1v) is 13.0. The van der Waals surface area contributed by atoms with E-state index >= 15 is 0 Å². The van der Waals surface area contributed by atoms with E-state index in [1.807, 2.05) is 18.2 Å². The van der Waals surface area contributed by atoms with Gasteiger partial charge in [0.05, 0.1) is 37.9 Å². The van der Waals surface area contributed by atoms with Crippen LogP contribution in [0.15, 0.2) is 76.6 Å². The summed E-state index contributed by atoms with van der Waals surface area (Å²) >= 11 is 0. The summed E-state index contributed by atoms with van der Waals surface area (Å²) in [5, 5.41) is 12.3. The van der Waals surface area contributed by atoms with Gasteiger partial charge in [-0.15, -0.1) is 0 Å². The zero-order valence-corrected chi connectivity index (χ0v) is 23.0. The number of ketones is 1. The smallest absolute Gasteiger partial charge is 0.336 e. The van der Waals surface area contributed by atoms with E-state index in [-0.39, 0.29) is 23.7 Å². The number of carboxylic acids is 1. The average Bonchev–Trinajstić information content (AvgIpc) is 3.56. The molecule has 10 nitrogen and oxygen atoms in total. The van der Waals surface area contributed by atoms with Gasteiger partial charge in [-0.3, -0.25) is 4.79 Å². The highest BCUT2D eigenvalue weighted by molar-refractivity contribution is 6.21. The highest BCUT2D eigenvalue weighted by atomic mass is 16.5. The molecule has 0 fully saturated rings. The molecule has 3 N–H and O–H groups in total. The maximum atomic E-state index is 13.9. The van der Waals surface area contributed by atoms with Gasteiger partial charge in [0.15, 0.2) is 17.3 Å². The van der Waals surface area contributed by atoms with Crippen LogP contribution < -0.4 is 14.8 Å². The summed E-state index contributed by atoms with van der Waals surface area (Å²) < 4.78 is 16.3. The normalized spacial score (nSPS) is 19.0. The van der Waals surface area contributed by atoms with Crippen molar-refractivity contribution in [3.05, 3.63) is 88.4 Å². The number of amidine groups is 1. The maximum absolute atomic E-state index is 13.9. The van der Waals surface area contributed by atoms with Crippen molar-refractivity contribution in [2.75, 3.05) is 20.8 Å². The first kappa shape index (κ1) is 27.4. The number of fused-ring (bicyclic) bond motifs is 1. The van der Waals surface area contributed by atoms with E-state index in [0.29, 0.717) is 39.9 Å². The molecule has 1 aromatic heterocycles. The molecule has 41 heavy (non-hydrogen) atoms. The van der Waals surface area contributed by atoms with Crippen LogP contribution in [0.4, 0.5) is 0 Å². The van der Waals surface area contributed by atoms with Crippen molar-refractivity contribution in [1.29, 1.82) is 0 Å². The molecule has 10 heteroatoms. The number of H-pyrrole nitrogens is 1. The Kier molecular flexibility index (Phi) is 7.47. The standard InChI is InChI=1S/C31H29N3O7/c1-5-41-31(38)25-16(2)32-29-27(26(25)19-10-13-23(39-3)24(14-19)40-4)28(35)22(34-29)15-20-11-12-21(33-20)17-6-8-18(9-7-17)30(36)37/h6-15,26-27,33H,5H2,1-4H3,(H,32,34)(H,36,37)/b22-15-. The Bertz CT molecular complexity index is 1630. The monoisotopic (exact) mass is 555 g/mol. The number of hydrogen-bond acceptors (Lipinski definition) is 8. The minimum Gasteiger partial charge on any atom is -0.493 e. The number of aromatic carboxylic acids is 1. The molecule has 3 aromatic rings. The molecule has 0 bridgehead atoms. The number of hydrogen-bond donors (Lipinski definition) is 3. The summed E-state index contributed by atoms with van der Waals surface area (Å²) in [6, 6.07) is 15.5. The van der Waals surface area contributed by atoms with Crippen molar-refractivity contribution in [2.45, 2.75) is 19.8 Å². The molecule has 2 aliphatic rings. The van der Waals surface area contributed by atoms with Crippen LogP contribution in [0.1, 0.15) is 41.4 Å². The zero-order chi connectivity index (χ0) is 29.3. The highest BCUT2D eigenvalue weighted by Crippen LogP contribution is 2.44. The Morgan fingerprint density at radius 1 is 1.00 bits per heavy atom. The summed E-state index contributed by atoms with van der Waals surface area (Å²) in [7, 11) is 3.06. The van der Waals surface area contributed by atoms with E-state index in [2.05, 4.69) is 15.3 Å². The number of methoxy groups -OCH3 is 2. The topological polar surface area (TPSA) is 139 Å². The summed E-state index contributed by atoms with van der Waals surface area (Å²) in [6.45, 7) is 3.68. The van der Waals surface area contributed by atoms with E-state index in [1.54, 1.807) is 44.2 Å². The lowest BCUT2D eigenvalue weighted by molar-refractivity contribution is -0.139. The van der Waals surface area contributed by atoms with Crippen molar-refractivity contribution in [3.8, 4) is 22.8 Å². The van der Waals surface area contributed by atoms with Gasteiger partial charge in [-0.1, -0.05) is 18.2 Å². The molecule has 3 heterocycles. The maximum Gasteiger partial charge on any atom is 0.336 e. The number of nitrogens with zero attached hydrogens (tertiary/aromatic N) is 1. The third-order valence-electron chi connectivity index (χ3n) is 7.14. The summed E-state index contributed by atoms with van der Waals surface area (Å²) in [5.41, 5.74) is 4.22. The first-order chi connectivity index (χ1) is 19.7. The van der Waals surface area contributed by atoms with Gasteiger partial charge in [-0.05, 0) is 67.4 Å². The molecule has 2 aliphatic heterocycles. The van der Waals surface area contributed by atoms with Gasteiger partial charge in [0.1, 0.15) is 11.5 Å². The molecule has 0 amide bonds. The van der Waals surface area contributed by atoms with Gasteiger partial charge < -0.3 is 29.6 Å². The van der Waals surface area contributed by atoms with E-state index in [1.165, 1.54) is 26.4 Å². The number of carbonyl (C=O) groups excluding carboxylic acids is 2. The fourth-order valence-electron chi connectivity index (χ4n) is 5.21. The zero-order valence-electron chi connectivity index (χ0n) is 23.0. The lowest BCUT2D eigenvalue weighted by Crippen LogP contribution is -2.42. The predicted molar refractivity (Wildman–Crippen MR) is 152 cm³/mol. The molecule has 0 saturated carbocycles. The van der Waals surface area contributed by atoms with E-state index in [9.17, 15) is 14.4 Å². The molecule has 0 spiro atoms. The molecular formula is C31H29N3O7. The van der Waals surface area contributed by atoms with Crippen LogP contribution in [0, 0.1) is 5.92 Å². The second-order valence-electron chi connectivity index (χ2n) is 9.55. The molecule has 2 atom stereocenters. The lowest BCUT2D eigenvalue weighted by Gasteiger charge is -2.32. The second kappa shape index (κ2) is 11.2. The number of ether oxygens (including phenoxy) is 3. The van der Waals surface area contributed by atoms with Gasteiger partial charge in [0, 0.05) is 23.0 Å². The summed E-state index contributed by atoms with van der Waals surface area (Å²) in [6.07, 6.45) is 1.66. The first-order valence-electron chi connectivity index (χ1n) is 13.0. The molecule has 0 radical (unpaired) electrons. The van der Waals surface area contributed by atoms with Crippen LogP contribution in [0.3, 0.4) is 0 Å². The minimum absolute atomic E-state index is 0.188. The van der Waals surface area contributed by atoms with Gasteiger partial charge in [-0.25, -0.2) is 14.6 Å². The third-order valence-corrected chi connectivity index (χ3v) is 7.14. The number of carboxylic acid groups (broad SMARTS) is 1. The van der Waals surface area contributed by atoms with Gasteiger partial charge in [0.2, 0.25) is 0 Å². The Balaban J connectivity index is 1.51. The minimum atomic E-state index is -0.996. The van der Waals surface area contributed by atoms with E-state index < -0.39 is 23.8 Å². The van der Waals surface area contributed by atoms with E-state index in [4.69, 9.17) is 19.3 Å². The Labute approximate surface area is 236 Å². The van der Waals surface area contributed by atoms with Crippen molar-refractivity contribution in [3.63, 3.8) is 0 Å². The van der Waals surface area contributed by atoms with Crippen LogP contribution in [0.25, 0.3) is 17.3 Å². The molecule has 2 aromatic carbocycles. The number of benzene rings is 2. The molecule has 0 saturated heterocycles. The number of Topliss-reactive ketones (excluding diaryl/α,β-unsaturated/α-hetero) is 1. The summed E-state index contributed by atoms with van der Waals surface area (Å²) in [5.74, 6) is -1.75. The van der Waals surface area contributed by atoms with Crippen LogP contribution in [0.2, 0.25) is 0 Å². The third kappa shape index (κ3) is 5.11. The average molecular weight is 556 g/mol. The molecular weight excluding hydrogens is 526 g/mol. The van der Waals surface area contributed by atoms with Crippen molar-refractivity contribution in [2.24, 2.45) is 10.9 Å². The second-order valence-corrected chi connectivity index (χ2v) is 9.55. The quantitative estimate of drug-likeness (QED) is 0.272. The van der Waals surface area contributed by atoms with Crippen molar-refractivity contribution < 1.29 is 33.7 Å². The van der Waals surface area contributed by atoms with Crippen LogP contribution in [0.5, 0.6) is 11.5 Å². The highest BCUT2D eigenvalue weighted by Gasteiger charge is 2.47. The number of nitrogens with one attached hydrogen (secondary N) is 2. The Hall–Kier alpha value is -5.12. The number of carbonyl (C=O) groups is 3. The molecule has 5 rings (SSSR count). The van der Waals surface area contributed by atoms with Crippen LogP contribution in [-0.2, 0) is 14.3 Å². The van der Waals surface area contributed by atoms with E-state index in [0.717, 1.165) is 11.3 Å². The number of aromatic amines is 1. The van der Waals surface area contributed by atoms with Crippen LogP contribution in [-0.4, -0.2) is 54.5 Å². The predicted octanol–water partition coefficient (Wildman–Crippen LogP) is 4.56. The van der Waals surface area contributed by atoms with Crippen molar-refractivity contribution >= 4 is 29.6 Å². The fraction of sp³-hybridized carbons (Fsp3) is 0.226.